The summed E-state index contributed by atoms with van der Waals surface area (Å²) in [5, 5.41) is 4.82. The first kappa shape index (κ1) is 25.4. The smallest absolute Gasteiger partial charge is 0.161 e. The highest BCUT2D eigenvalue weighted by atomic mass is 32.1. The fourth-order valence-corrected chi connectivity index (χ4v) is 5.84. The number of hydrogen-bond acceptors (Lipinski definition) is 7. The van der Waals surface area contributed by atoms with Gasteiger partial charge < -0.3 is 24.7 Å². The van der Waals surface area contributed by atoms with E-state index in [-0.39, 0.29) is 0 Å². The zero-order valence-electron chi connectivity index (χ0n) is 21.8. The molecule has 0 amide bonds. The highest BCUT2D eigenvalue weighted by Gasteiger charge is 2.33. The lowest BCUT2D eigenvalue weighted by Crippen LogP contribution is -2.35. The number of methoxy groups -OCH3 is 4. The molecule has 1 atom stereocenters. The standard InChI is InChI=1S/C24H27NO4.C6H7NS/c1-26-21-9-16-15-8-14-6-5-7-25(14)13-20(15)19-12-24(29-4)23(28-3)11-18(19)17(16)10-22(21)27-2;7-5-1-3-6(8)4-2-5/h9-12,14H,5-8,13H2,1-4H3;1-4,8H,7H2. The normalized spacial score (nSPS) is 16.5. The first-order valence-corrected chi connectivity index (χ1v) is 13.0. The van der Waals surface area contributed by atoms with Crippen LogP contribution in [0.1, 0.15) is 24.0 Å². The third kappa shape index (κ3) is 4.74. The minimum Gasteiger partial charge on any atom is -0.493 e. The molecular formula is C30H34N2O4S. The molecule has 1 unspecified atom stereocenters. The van der Waals surface area contributed by atoms with Crippen molar-refractivity contribution in [3.05, 3.63) is 59.7 Å². The monoisotopic (exact) mass is 518 g/mol. The van der Waals surface area contributed by atoms with Crippen molar-refractivity contribution in [2.45, 2.75) is 36.7 Å². The van der Waals surface area contributed by atoms with Crippen LogP contribution < -0.4 is 24.7 Å². The van der Waals surface area contributed by atoms with E-state index in [1.165, 1.54) is 46.7 Å². The SMILES string of the molecule is COc1cc2c3c(c4cc(OC)c(OC)cc4c2cc1OC)CN1CCCC1C3.Nc1ccc(S)cc1. The summed E-state index contributed by atoms with van der Waals surface area (Å²) < 4.78 is 22.5. The summed E-state index contributed by atoms with van der Waals surface area (Å²) in [6, 6.07) is 16.5. The second-order valence-corrected chi connectivity index (χ2v) is 10.0. The summed E-state index contributed by atoms with van der Waals surface area (Å²) in [6.45, 7) is 2.17. The van der Waals surface area contributed by atoms with Crippen molar-refractivity contribution in [2.75, 3.05) is 40.7 Å². The van der Waals surface area contributed by atoms with E-state index in [4.69, 9.17) is 24.7 Å². The summed E-state index contributed by atoms with van der Waals surface area (Å²) in [7, 11) is 6.76. The van der Waals surface area contributed by atoms with Gasteiger partial charge >= 0.3 is 0 Å². The predicted octanol–water partition coefficient (Wildman–Crippen LogP) is 6.11. The summed E-state index contributed by atoms with van der Waals surface area (Å²) in [5.74, 6) is 3.03. The minimum atomic E-state index is 0.636. The molecule has 0 saturated carbocycles. The molecule has 1 fully saturated rings. The van der Waals surface area contributed by atoms with E-state index in [9.17, 15) is 0 Å². The summed E-state index contributed by atoms with van der Waals surface area (Å²) in [4.78, 5) is 3.57. The number of nitrogens with zero attached hydrogens (tertiary/aromatic N) is 1. The van der Waals surface area contributed by atoms with Crippen LogP contribution in [0.3, 0.4) is 0 Å². The maximum Gasteiger partial charge on any atom is 0.161 e. The van der Waals surface area contributed by atoms with Crippen molar-refractivity contribution in [3.63, 3.8) is 0 Å². The average molecular weight is 519 g/mol. The molecule has 2 aliphatic heterocycles. The van der Waals surface area contributed by atoms with Gasteiger partial charge in [-0.1, -0.05) is 0 Å². The molecule has 194 valence electrons. The zero-order chi connectivity index (χ0) is 26.1. The Morgan fingerprint density at radius 1 is 0.730 bits per heavy atom. The van der Waals surface area contributed by atoms with Gasteiger partial charge in [-0.2, -0.15) is 0 Å². The number of rotatable bonds is 4. The maximum absolute atomic E-state index is 5.64. The van der Waals surface area contributed by atoms with Gasteiger partial charge in [-0.3, -0.25) is 4.90 Å². The molecule has 7 heteroatoms. The quantitative estimate of drug-likeness (QED) is 0.193. The van der Waals surface area contributed by atoms with Crippen LogP contribution in [0, 0.1) is 0 Å². The third-order valence-electron chi connectivity index (χ3n) is 7.55. The predicted molar refractivity (Wildman–Crippen MR) is 153 cm³/mol. The van der Waals surface area contributed by atoms with Crippen LogP contribution in [0.4, 0.5) is 5.69 Å². The van der Waals surface area contributed by atoms with Gasteiger partial charge in [-0.15, -0.1) is 12.6 Å². The molecular weight excluding hydrogens is 484 g/mol. The third-order valence-corrected chi connectivity index (χ3v) is 7.84. The van der Waals surface area contributed by atoms with E-state index in [0.717, 1.165) is 51.9 Å². The van der Waals surface area contributed by atoms with Crippen LogP contribution in [-0.4, -0.2) is 45.9 Å². The number of nitrogens with two attached hydrogens (primary N) is 1. The Morgan fingerprint density at radius 2 is 1.22 bits per heavy atom. The first-order chi connectivity index (χ1) is 18.0. The number of ether oxygens (including phenoxy) is 4. The van der Waals surface area contributed by atoms with Gasteiger partial charge in [-0.05, 0) is 107 Å². The Bertz CT molecular complexity index is 1330. The lowest BCUT2D eigenvalue weighted by atomic mass is 9.85. The van der Waals surface area contributed by atoms with Crippen LogP contribution in [-0.2, 0) is 13.0 Å². The molecule has 0 bridgehead atoms. The Morgan fingerprint density at radius 3 is 1.70 bits per heavy atom. The largest absolute Gasteiger partial charge is 0.493 e. The van der Waals surface area contributed by atoms with E-state index in [0.29, 0.717) is 6.04 Å². The zero-order valence-corrected chi connectivity index (χ0v) is 22.7. The van der Waals surface area contributed by atoms with E-state index in [1.54, 1.807) is 28.4 Å². The van der Waals surface area contributed by atoms with E-state index < -0.39 is 0 Å². The molecule has 0 aliphatic carbocycles. The fraction of sp³-hybridized carbons (Fsp3) is 0.333. The fourth-order valence-electron chi connectivity index (χ4n) is 5.69. The second kappa shape index (κ2) is 10.6. The Labute approximate surface area is 223 Å². The summed E-state index contributed by atoms with van der Waals surface area (Å²) in [6.07, 6.45) is 3.63. The molecule has 4 aromatic rings. The number of fused-ring (bicyclic) bond motifs is 7. The van der Waals surface area contributed by atoms with Gasteiger partial charge in [0.15, 0.2) is 23.0 Å². The van der Waals surface area contributed by atoms with Gasteiger partial charge in [0.2, 0.25) is 0 Å². The van der Waals surface area contributed by atoms with Crippen LogP contribution in [0.25, 0.3) is 21.5 Å². The van der Waals surface area contributed by atoms with Crippen LogP contribution in [0.2, 0.25) is 0 Å². The lowest BCUT2D eigenvalue weighted by Gasteiger charge is -2.33. The van der Waals surface area contributed by atoms with Gasteiger partial charge in [0.25, 0.3) is 0 Å². The Kier molecular flexibility index (Phi) is 7.26. The molecule has 0 aromatic heterocycles. The Hall–Kier alpha value is -3.29. The topological polar surface area (TPSA) is 66.2 Å². The number of hydrogen-bond donors (Lipinski definition) is 2. The molecule has 2 N–H and O–H groups in total. The molecule has 2 heterocycles. The average Bonchev–Trinajstić information content (AvgIpc) is 3.40. The minimum absolute atomic E-state index is 0.636. The molecule has 2 aliphatic rings. The van der Waals surface area contributed by atoms with Crippen molar-refractivity contribution in [1.29, 1.82) is 0 Å². The Balaban J connectivity index is 0.000000301. The van der Waals surface area contributed by atoms with Gasteiger partial charge in [0.05, 0.1) is 28.4 Å². The van der Waals surface area contributed by atoms with E-state index in [1.807, 2.05) is 24.3 Å². The molecule has 4 aromatic carbocycles. The summed E-state index contributed by atoms with van der Waals surface area (Å²) in [5.41, 5.74) is 9.01. The van der Waals surface area contributed by atoms with Crippen LogP contribution in [0.5, 0.6) is 23.0 Å². The number of thiol groups is 1. The van der Waals surface area contributed by atoms with Crippen molar-refractivity contribution in [1.82, 2.24) is 4.90 Å². The molecule has 6 nitrogen and oxygen atoms in total. The van der Waals surface area contributed by atoms with Crippen molar-refractivity contribution < 1.29 is 18.9 Å². The highest BCUT2D eigenvalue weighted by Crippen LogP contribution is 2.46. The van der Waals surface area contributed by atoms with E-state index >= 15 is 0 Å². The molecule has 0 spiro atoms. The van der Waals surface area contributed by atoms with Crippen molar-refractivity contribution >= 4 is 39.9 Å². The number of anilines is 1. The summed E-state index contributed by atoms with van der Waals surface area (Å²) >= 11 is 4.08. The number of nitrogen functional groups attached to an aromatic ring is 1. The first-order valence-electron chi connectivity index (χ1n) is 12.5. The molecule has 0 radical (unpaired) electrons. The highest BCUT2D eigenvalue weighted by molar-refractivity contribution is 7.80. The lowest BCUT2D eigenvalue weighted by molar-refractivity contribution is 0.229. The molecule has 6 rings (SSSR count). The van der Waals surface area contributed by atoms with Crippen LogP contribution in [0.15, 0.2) is 53.4 Å². The van der Waals surface area contributed by atoms with Crippen molar-refractivity contribution in [2.24, 2.45) is 0 Å². The van der Waals surface area contributed by atoms with Gasteiger partial charge in [-0.25, -0.2) is 0 Å². The van der Waals surface area contributed by atoms with Gasteiger partial charge in [0, 0.05) is 23.2 Å². The number of benzene rings is 4. The van der Waals surface area contributed by atoms with E-state index in [2.05, 4.69) is 41.8 Å². The van der Waals surface area contributed by atoms with Crippen LogP contribution >= 0.6 is 12.6 Å². The molecule has 37 heavy (non-hydrogen) atoms. The van der Waals surface area contributed by atoms with Crippen molar-refractivity contribution in [3.8, 4) is 23.0 Å². The second-order valence-electron chi connectivity index (χ2n) is 9.52. The van der Waals surface area contributed by atoms with Gasteiger partial charge in [0.1, 0.15) is 0 Å². The molecule has 1 saturated heterocycles. The maximum atomic E-state index is 5.64.